The maximum Gasteiger partial charge on any atom is 0.268 e. The highest BCUT2D eigenvalue weighted by Crippen LogP contribution is 2.18. The lowest BCUT2D eigenvalue weighted by Gasteiger charge is -2.20. The number of aryl methyl sites for hydroxylation is 1. The van der Waals surface area contributed by atoms with Crippen molar-refractivity contribution < 1.29 is 9.53 Å². The number of amides is 1. The Kier molecular flexibility index (Phi) is 4.45. The maximum atomic E-state index is 12.2. The van der Waals surface area contributed by atoms with E-state index in [1.807, 2.05) is 30.7 Å². The fourth-order valence-electron chi connectivity index (χ4n) is 2.30. The lowest BCUT2D eigenvalue weighted by atomic mass is 10.1. The van der Waals surface area contributed by atoms with Gasteiger partial charge in [0.2, 0.25) is 0 Å². The lowest BCUT2D eigenvalue weighted by Crippen LogP contribution is -2.41. The molecule has 1 saturated heterocycles. The van der Waals surface area contributed by atoms with Gasteiger partial charge in [-0.1, -0.05) is 0 Å². The van der Waals surface area contributed by atoms with Gasteiger partial charge in [0.05, 0.1) is 12.1 Å². The predicted octanol–water partition coefficient (Wildman–Crippen LogP) is 2.57. The molecule has 2 unspecified atom stereocenters. The van der Waals surface area contributed by atoms with Crippen molar-refractivity contribution in [1.82, 2.24) is 9.88 Å². The van der Waals surface area contributed by atoms with Crippen LogP contribution in [0.3, 0.4) is 0 Å². The van der Waals surface area contributed by atoms with E-state index in [1.165, 1.54) is 0 Å². The summed E-state index contributed by atoms with van der Waals surface area (Å²) in [5, 5.41) is 3.02. The van der Waals surface area contributed by atoms with Crippen molar-refractivity contribution in [2.45, 2.75) is 45.4 Å². The molecular formula is C13H19BrN2O2. The number of nitrogens with one attached hydrogen (secondary N) is 1. The van der Waals surface area contributed by atoms with Gasteiger partial charge in [0.1, 0.15) is 5.69 Å². The third-order valence-electron chi connectivity index (χ3n) is 3.32. The minimum Gasteiger partial charge on any atom is -0.376 e. The van der Waals surface area contributed by atoms with Crippen LogP contribution in [0.1, 0.15) is 37.2 Å². The molecule has 1 aliphatic heterocycles. The van der Waals surface area contributed by atoms with E-state index in [0.29, 0.717) is 5.69 Å². The maximum absolute atomic E-state index is 12.2. The first-order chi connectivity index (χ1) is 8.61. The van der Waals surface area contributed by atoms with Gasteiger partial charge in [0.15, 0.2) is 0 Å². The van der Waals surface area contributed by atoms with Crippen molar-refractivity contribution in [3.63, 3.8) is 0 Å². The molecule has 5 heteroatoms. The van der Waals surface area contributed by atoms with Gasteiger partial charge >= 0.3 is 0 Å². The summed E-state index contributed by atoms with van der Waals surface area (Å²) in [6, 6.07) is 1.90. The van der Waals surface area contributed by atoms with Crippen molar-refractivity contribution >= 4 is 21.8 Å². The first-order valence-electron chi connectivity index (χ1n) is 6.40. The van der Waals surface area contributed by atoms with Crippen molar-refractivity contribution in [2.75, 3.05) is 6.61 Å². The standard InChI is InChI=1S/C13H19BrN2O2/c1-3-16-8-10(14)7-11(16)13(17)15-9(2)12-5-4-6-18-12/h7-9,12H,3-6H2,1-2H3,(H,15,17). The Morgan fingerprint density at radius 1 is 1.72 bits per heavy atom. The summed E-state index contributed by atoms with van der Waals surface area (Å²) in [4.78, 5) is 12.2. The minimum atomic E-state index is -0.0365. The second kappa shape index (κ2) is 5.89. The highest BCUT2D eigenvalue weighted by Gasteiger charge is 2.24. The molecule has 0 radical (unpaired) electrons. The lowest BCUT2D eigenvalue weighted by molar-refractivity contribution is 0.0707. The van der Waals surface area contributed by atoms with Crippen LogP contribution in [0.2, 0.25) is 0 Å². The molecule has 4 nitrogen and oxygen atoms in total. The van der Waals surface area contributed by atoms with Crippen LogP contribution in [0.5, 0.6) is 0 Å². The quantitative estimate of drug-likeness (QED) is 0.928. The number of aromatic nitrogens is 1. The zero-order chi connectivity index (χ0) is 13.1. The molecule has 18 heavy (non-hydrogen) atoms. The largest absolute Gasteiger partial charge is 0.376 e. The van der Waals surface area contributed by atoms with E-state index in [1.54, 1.807) is 0 Å². The molecular weight excluding hydrogens is 296 g/mol. The van der Waals surface area contributed by atoms with Crippen LogP contribution in [0.4, 0.5) is 0 Å². The average molecular weight is 315 g/mol. The van der Waals surface area contributed by atoms with E-state index in [4.69, 9.17) is 4.74 Å². The molecule has 0 aromatic carbocycles. The van der Waals surface area contributed by atoms with Crippen LogP contribution in [0.25, 0.3) is 0 Å². The molecule has 2 heterocycles. The summed E-state index contributed by atoms with van der Waals surface area (Å²) in [7, 11) is 0. The molecule has 1 N–H and O–H groups in total. The smallest absolute Gasteiger partial charge is 0.268 e. The Hall–Kier alpha value is -0.810. The van der Waals surface area contributed by atoms with Crippen molar-refractivity contribution in [3.05, 3.63) is 22.4 Å². The number of ether oxygens (including phenoxy) is 1. The summed E-state index contributed by atoms with van der Waals surface area (Å²) in [5.41, 5.74) is 0.689. The Morgan fingerprint density at radius 3 is 3.11 bits per heavy atom. The zero-order valence-corrected chi connectivity index (χ0v) is 12.4. The minimum absolute atomic E-state index is 0.0365. The van der Waals surface area contributed by atoms with Crippen molar-refractivity contribution in [3.8, 4) is 0 Å². The number of nitrogens with zero attached hydrogens (tertiary/aromatic N) is 1. The van der Waals surface area contributed by atoms with Gasteiger partial charge in [-0.3, -0.25) is 4.79 Å². The number of halogens is 1. The highest BCUT2D eigenvalue weighted by molar-refractivity contribution is 9.10. The summed E-state index contributed by atoms with van der Waals surface area (Å²) in [6.45, 7) is 5.61. The van der Waals surface area contributed by atoms with Crippen molar-refractivity contribution in [2.24, 2.45) is 0 Å². The first-order valence-corrected chi connectivity index (χ1v) is 7.19. The Bertz CT molecular complexity index is 425. The monoisotopic (exact) mass is 314 g/mol. The number of carbonyl (C=O) groups excluding carboxylic acids is 1. The molecule has 2 atom stereocenters. The van der Waals surface area contributed by atoms with Gasteiger partial charge in [-0.05, 0) is 48.7 Å². The van der Waals surface area contributed by atoms with Crippen LogP contribution in [0, 0.1) is 0 Å². The van der Waals surface area contributed by atoms with Gasteiger partial charge in [0.25, 0.3) is 5.91 Å². The first kappa shape index (κ1) is 13.6. The van der Waals surface area contributed by atoms with Crippen molar-refractivity contribution in [1.29, 1.82) is 0 Å². The van der Waals surface area contributed by atoms with Crippen LogP contribution in [0.15, 0.2) is 16.7 Å². The van der Waals surface area contributed by atoms with Gasteiger partial charge in [0, 0.05) is 23.8 Å². The van der Waals surface area contributed by atoms with E-state index in [2.05, 4.69) is 21.2 Å². The Balaban J connectivity index is 2.02. The van der Waals surface area contributed by atoms with Gasteiger partial charge in [-0.25, -0.2) is 0 Å². The van der Waals surface area contributed by atoms with E-state index in [9.17, 15) is 4.79 Å². The van der Waals surface area contributed by atoms with Crippen LogP contribution >= 0.6 is 15.9 Å². The van der Waals surface area contributed by atoms with E-state index < -0.39 is 0 Å². The van der Waals surface area contributed by atoms with E-state index >= 15 is 0 Å². The molecule has 1 aromatic rings. The fraction of sp³-hybridized carbons (Fsp3) is 0.615. The number of hydrogen-bond acceptors (Lipinski definition) is 2. The second-order valence-electron chi connectivity index (χ2n) is 4.64. The third kappa shape index (κ3) is 2.95. The number of rotatable bonds is 4. The normalized spacial score (nSPS) is 20.9. The Morgan fingerprint density at radius 2 is 2.50 bits per heavy atom. The molecule has 0 saturated carbocycles. The fourth-order valence-corrected chi connectivity index (χ4v) is 2.76. The molecule has 0 spiro atoms. The highest BCUT2D eigenvalue weighted by atomic mass is 79.9. The van der Waals surface area contributed by atoms with Crippen LogP contribution in [-0.2, 0) is 11.3 Å². The SMILES string of the molecule is CCn1cc(Br)cc1C(=O)NC(C)C1CCCO1. The molecule has 1 amide bonds. The van der Waals surface area contributed by atoms with E-state index in [0.717, 1.165) is 30.5 Å². The van der Waals surface area contributed by atoms with Gasteiger partial charge in [-0.15, -0.1) is 0 Å². The predicted molar refractivity (Wildman–Crippen MR) is 73.7 cm³/mol. The van der Waals surface area contributed by atoms with E-state index in [-0.39, 0.29) is 18.1 Å². The van der Waals surface area contributed by atoms with Gasteiger partial charge in [-0.2, -0.15) is 0 Å². The third-order valence-corrected chi connectivity index (χ3v) is 3.75. The molecule has 100 valence electrons. The Labute approximate surface area is 116 Å². The molecule has 0 aliphatic carbocycles. The van der Waals surface area contributed by atoms with Gasteiger partial charge < -0.3 is 14.6 Å². The second-order valence-corrected chi connectivity index (χ2v) is 5.56. The zero-order valence-electron chi connectivity index (χ0n) is 10.8. The number of carbonyl (C=O) groups is 1. The summed E-state index contributed by atoms with van der Waals surface area (Å²) in [5.74, 6) is -0.0365. The summed E-state index contributed by atoms with van der Waals surface area (Å²) in [6.07, 6.45) is 4.19. The topological polar surface area (TPSA) is 43.3 Å². The average Bonchev–Trinajstić information content (AvgIpc) is 2.96. The molecule has 2 rings (SSSR count). The molecule has 0 bridgehead atoms. The molecule has 1 aromatic heterocycles. The molecule has 1 aliphatic rings. The summed E-state index contributed by atoms with van der Waals surface area (Å²) >= 11 is 3.40. The molecule has 1 fully saturated rings. The van der Waals surface area contributed by atoms with Crippen LogP contribution in [-0.4, -0.2) is 29.2 Å². The number of hydrogen-bond donors (Lipinski definition) is 1. The van der Waals surface area contributed by atoms with Crippen LogP contribution < -0.4 is 5.32 Å². The summed E-state index contributed by atoms with van der Waals surface area (Å²) < 4.78 is 8.44.